The Hall–Kier alpha value is -0.590. The van der Waals surface area contributed by atoms with E-state index in [0.717, 1.165) is 8.66 Å². The molecular formula is C7H9BrN2O2S. The van der Waals surface area contributed by atoms with E-state index >= 15 is 0 Å². The highest BCUT2D eigenvalue weighted by Gasteiger charge is 2.06. The number of thiophene rings is 1. The maximum Gasteiger partial charge on any atom is 0.338 e. The Morgan fingerprint density at radius 3 is 2.85 bits per heavy atom. The highest BCUT2D eigenvalue weighted by molar-refractivity contribution is 9.11. The van der Waals surface area contributed by atoms with Crippen LogP contribution in [-0.2, 0) is 6.42 Å². The van der Waals surface area contributed by atoms with E-state index in [2.05, 4.69) is 15.9 Å². The first kappa shape index (κ1) is 10.5. The van der Waals surface area contributed by atoms with Gasteiger partial charge in [0.1, 0.15) is 0 Å². The van der Waals surface area contributed by atoms with Crippen molar-refractivity contribution in [2.24, 2.45) is 5.73 Å². The average Bonchev–Trinajstić information content (AvgIpc) is 2.47. The molecular weight excluding hydrogens is 256 g/mol. The molecule has 0 aliphatic rings. The van der Waals surface area contributed by atoms with E-state index in [0.29, 0.717) is 11.5 Å². The molecule has 6 heteroatoms. The summed E-state index contributed by atoms with van der Waals surface area (Å²) in [5, 5.41) is 9.45. The van der Waals surface area contributed by atoms with Gasteiger partial charge in [-0.25, -0.2) is 9.86 Å². The summed E-state index contributed by atoms with van der Waals surface area (Å²) in [6.07, 6.45) is 0.607. The Bertz CT molecular complexity index is 302. The number of carbonyl (C=O) groups is 1. The van der Waals surface area contributed by atoms with Crippen molar-refractivity contribution in [1.82, 2.24) is 5.06 Å². The van der Waals surface area contributed by atoms with E-state index in [1.54, 1.807) is 11.3 Å². The molecule has 72 valence electrons. The van der Waals surface area contributed by atoms with Crippen LogP contribution >= 0.6 is 27.3 Å². The van der Waals surface area contributed by atoms with Gasteiger partial charge in [-0.05, 0) is 28.1 Å². The summed E-state index contributed by atoms with van der Waals surface area (Å²) in [5.41, 5.74) is 4.84. The van der Waals surface area contributed by atoms with Gasteiger partial charge in [0, 0.05) is 11.3 Å². The van der Waals surface area contributed by atoms with Crippen molar-refractivity contribution in [2.75, 3.05) is 6.54 Å². The van der Waals surface area contributed by atoms with Crippen molar-refractivity contribution in [3.63, 3.8) is 0 Å². The molecule has 0 aromatic carbocycles. The number of nitrogens with zero attached hydrogens (tertiary/aromatic N) is 1. The third kappa shape index (κ3) is 3.33. The summed E-state index contributed by atoms with van der Waals surface area (Å²) in [6, 6.07) is 3.03. The van der Waals surface area contributed by atoms with Gasteiger partial charge in [0.2, 0.25) is 0 Å². The third-order valence-electron chi connectivity index (χ3n) is 1.45. The number of hydrogen-bond donors (Lipinski definition) is 2. The lowest BCUT2D eigenvalue weighted by Crippen LogP contribution is -2.34. The van der Waals surface area contributed by atoms with Crippen LogP contribution < -0.4 is 5.73 Å². The fourth-order valence-electron chi connectivity index (χ4n) is 0.812. The molecule has 3 N–H and O–H groups in total. The number of halogens is 1. The topological polar surface area (TPSA) is 66.6 Å². The van der Waals surface area contributed by atoms with Crippen molar-refractivity contribution >= 4 is 33.3 Å². The SMILES string of the molecule is NC(=O)N(O)CCc1ccc(Br)s1. The lowest BCUT2D eigenvalue weighted by atomic mass is 10.3. The number of amides is 2. The fourth-order valence-corrected chi connectivity index (χ4v) is 2.28. The largest absolute Gasteiger partial charge is 0.350 e. The summed E-state index contributed by atoms with van der Waals surface area (Å²) >= 11 is 4.89. The Morgan fingerprint density at radius 1 is 1.69 bits per heavy atom. The van der Waals surface area contributed by atoms with Crippen LogP contribution in [0.2, 0.25) is 0 Å². The van der Waals surface area contributed by atoms with Crippen LogP contribution in [0.15, 0.2) is 15.9 Å². The maximum absolute atomic E-state index is 10.4. The van der Waals surface area contributed by atoms with Crippen LogP contribution in [-0.4, -0.2) is 22.8 Å². The van der Waals surface area contributed by atoms with Gasteiger partial charge in [0.15, 0.2) is 0 Å². The Balaban J connectivity index is 2.39. The third-order valence-corrected chi connectivity index (χ3v) is 3.14. The minimum Gasteiger partial charge on any atom is -0.350 e. The molecule has 0 unspecified atom stereocenters. The minimum atomic E-state index is -0.823. The summed E-state index contributed by atoms with van der Waals surface area (Å²) in [7, 11) is 0. The standard InChI is InChI=1S/C7H9BrN2O2S/c8-6-2-1-5(13-6)3-4-10(12)7(9)11/h1-2,12H,3-4H2,(H2,9,11). The lowest BCUT2D eigenvalue weighted by Gasteiger charge is -2.09. The molecule has 1 heterocycles. The Kier molecular flexibility index (Phi) is 3.71. The summed E-state index contributed by atoms with van der Waals surface area (Å²) in [4.78, 5) is 11.5. The number of carbonyl (C=O) groups excluding carboxylic acids is 1. The van der Waals surface area contributed by atoms with Gasteiger partial charge in [-0.15, -0.1) is 11.3 Å². The summed E-state index contributed by atoms with van der Waals surface area (Å²) in [6.45, 7) is 0.224. The smallest absolute Gasteiger partial charge is 0.338 e. The van der Waals surface area contributed by atoms with Gasteiger partial charge < -0.3 is 5.73 Å². The predicted molar refractivity (Wildman–Crippen MR) is 53.8 cm³/mol. The minimum absolute atomic E-state index is 0.224. The van der Waals surface area contributed by atoms with Crippen molar-refractivity contribution in [3.8, 4) is 0 Å². The molecule has 0 aliphatic carbocycles. The molecule has 0 aliphatic heterocycles. The number of hydroxylamine groups is 2. The van der Waals surface area contributed by atoms with Crippen LogP contribution in [0.4, 0.5) is 4.79 Å². The number of hydrogen-bond acceptors (Lipinski definition) is 3. The monoisotopic (exact) mass is 264 g/mol. The summed E-state index contributed by atoms with van der Waals surface area (Å²) in [5.74, 6) is 0. The van der Waals surface area contributed by atoms with Crippen molar-refractivity contribution < 1.29 is 10.0 Å². The van der Waals surface area contributed by atoms with E-state index in [4.69, 9.17) is 10.9 Å². The molecule has 4 nitrogen and oxygen atoms in total. The van der Waals surface area contributed by atoms with Crippen LogP contribution in [0.25, 0.3) is 0 Å². The molecule has 0 bridgehead atoms. The van der Waals surface area contributed by atoms with E-state index in [9.17, 15) is 4.79 Å². The van der Waals surface area contributed by atoms with Gasteiger partial charge in [-0.1, -0.05) is 0 Å². The molecule has 1 aromatic rings. The van der Waals surface area contributed by atoms with Crippen molar-refractivity contribution in [2.45, 2.75) is 6.42 Å². The zero-order valence-corrected chi connectivity index (χ0v) is 9.14. The molecule has 2 amide bonds. The number of primary amides is 1. The van der Waals surface area contributed by atoms with Crippen molar-refractivity contribution in [1.29, 1.82) is 0 Å². The second kappa shape index (κ2) is 4.59. The Labute approximate surface area is 88.0 Å². The first-order valence-corrected chi connectivity index (χ1v) is 5.20. The van der Waals surface area contributed by atoms with Crippen molar-refractivity contribution in [3.05, 3.63) is 20.8 Å². The molecule has 13 heavy (non-hydrogen) atoms. The highest BCUT2D eigenvalue weighted by atomic mass is 79.9. The maximum atomic E-state index is 10.4. The van der Waals surface area contributed by atoms with Crippen LogP contribution in [0.3, 0.4) is 0 Å². The summed E-state index contributed by atoms with van der Waals surface area (Å²) < 4.78 is 1.03. The molecule has 0 atom stereocenters. The van der Waals surface area contributed by atoms with Crippen LogP contribution in [0.5, 0.6) is 0 Å². The van der Waals surface area contributed by atoms with Gasteiger partial charge >= 0.3 is 6.03 Å². The number of urea groups is 1. The van der Waals surface area contributed by atoms with Crippen LogP contribution in [0.1, 0.15) is 4.88 Å². The molecule has 0 saturated carbocycles. The molecule has 1 aromatic heterocycles. The molecule has 1 rings (SSSR count). The number of nitrogens with two attached hydrogens (primary N) is 1. The quantitative estimate of drug-likeness (QED) is 0.646. The second-order valence-electron chi connectivity index (χ2n) is 2.42. The van der Waals surface area contributed by atoms with Gasteiger partial charge in [0.05, 0.1) is 10.3 Å². The van der Waals surface area contributed by atoms with Crippen LogP contribution in [0, 0.1) is 0 Å². The first-order valence-electron chi connectivity index (χ1n) is 3.59. The van der Waals surface area contributed by atoms with E-state index in [-0.39, 0.29) is 6.54 Å². The second-order valence-corrected chi connectivity index (χ2v) is 4.96. The fraction of sp³-hybridized carbons (Fsp3) is 0.286. The normalized spacial score (nSPS) is 10.0. The zero-order chi connectivity index (χ0) is 9.84. The van der Waals surface area contributed by atoms with E-state index < -0.39 is 6.03 Å². The zero-order valence-electron chi connectivity index (χ0n) is 6.74. The average molecular weight is 265 g/mol. The lowest BCUT2D eigenvalue weighted by molar-refractivity contribution is -0.0380. The molecule has 0 spiro atoms. The van der Waals surface area contributed by atoms with E-state index in [1.165, 1.54) is 0 Å². The van der Waals surface area contributed by atoms with E-state index in [1.807, 2.05) is 12.1 Å². The molecule has 0 fully saturated rings. The van der Waals surface area contributed by atoms with Gasteiger partial charge in [-0.2, -0.15) is 0 Å². The molecule has 0 radical (unpaired) electrons. The highest BCUT2D eigenvalue weighted by Crippen LogP contribution is 2.22. The van der Waals surface area contributed by atoms with Gasteiger partial charge in [0.25, 0.3) is 0 Å². The number of rotatable bonds is 3. The Morgan fingerprint density at radius 2 is 2.38 bits per heavy atom. The molecule has 0 saturated heterocycles. The first-order chi connectivity index (χ1) is 6.09. The van der Waals surface area contributed by atoms with Gasteiger partial charge in [-0.3, -0.25) is 5.21 Å². The predicted octanol–water partition coefficient (Wildman–Crippen LogP) is 1.82.